The van der Waals surface area contributed by atoms with Gasteiger partial charge in [0.15, 0.2) is 0 Å². The highest BCUT2D eigenvalue weighted by atomic mass is 16.2. The van der Waals surface area contributed by atoms with Gasteiger partial charge in [-0.05, 0) is 31.0 Å². The van der Waals surface area contributed by atoms with E-state index in [1.54, 1.807) is 12.1 Å². The molecule has 0 unspecified atom stereocenters. The Bertz CT molecular complexity index is 472. The van der Waals surface area contributed by atoms with Gasteiger partial charge in [-0.25, -0.2) is 0 Å². The van der Waals surface area contributed by atoms with Crippen LogP contribution in [0, 0.1) is 11.3 Å². The summed E-state index contributed by atoms with van der Waals surface area (Å²) in [5, 5.41) is 8.85. The number of hydrogen-bond acceptors (Lipinski definition) is 3. The number of carbonyl (C=O) groups excluding carboxylic acids is 1. The van der Waals surface area contributed by atoms with Crippen LogP contribution in [0.3, 0.4) is 0 Å². The number of carbonyl (C=O) groups is 1. The van der Waals surface area contributed by atoms with Crippen LogP contribution in [-0.2, 0) is 4.79 Å². The molecule has 1 saturated heterocycles. The van der Waals surface area contributed by atoms with E-state index in [1.807, 2.05) is 29.0 Å². The quantitative estimate of drug-likeness (QED) is 0.810. The fourth-order valence-corrected chi connectivity index (χ4v) is 2.17. The van der Waals surface area contributed by atoms with E-state index in [4.69, 9.17) is 5.26 Å². The number of anilines is 1. The van der Waals surface area contributed by atoms with Gasteiger partial charge in [0.1, 0.15) is 0 Å². The molecule has 0 N–H and O–H groups in total. The predicted molar refractivity (Wildman–Crippen MR) is 70.2 cm³/mol. The Balaban J connectivity index is 2.00. The molecule has 1 aliphatic heterocycles. The summed E-state index contributed by atoms with van der Waals surface area (Å²) in [5.41, 5.74) is 1.52. The van der Waals surface area contributed by atoms with Gasteiger partial charge < -0.3 is 9.80 Å². The molecule has 2 rings (SSSR count). The Kier molecular flexibility index (Phi) is 3.83. The number of likely N-dealkylation sites (N-methyl/N-ethyl adjacent to an activating group) is 1. The van der Waals surface area contributed by atoms with Crippen molar-refractivity contribution in [3.05, 3.63) is 29.8 Å². The first kappa shape index (κ1) is 12.4. The standard InChI is InChI=1S/C14H17N3O/c1-16(11-14(18)17-7-2-3-8-17)13-6-4-5-12(9-13)10-15/h4-6,9H,2-3,7-8,11H2,1H3. The molecule has 0 spiro atoms. The number of hydrogen-bond donors (Lipinski definition) is 0. The molecule has 1 aromatic carbocycles. The summed E-state index contributed by atoms with van der Waals surface area (Å²) in [5.74, 6) is 0.164. The van der Waals surface area contributed by atoms with E-state index in [2.05, 4.69) is 6.07 Å². The van der Waals surface area contributed by atoms with E-state index >= 15 is 0 Å². The van der Waals surface area contributed by atoms with Crippen LogP contribution in [0.25, 0.3) is 0 Å². The lowest BCUT2D eigenvalue weighted by molar-refractivity contribution is -0.128. The third kappa shape index (κ3) is 2.80. The third-order valence-electron chi connectivity index (χ3n) is 3.25. The summed E-state index contributed by atoms with van der Waals surface area (Å²) >= 11 is 0. The lowest BCUT2D eigenvalue weighted by atomic mass is 10.2. The number of nitrogens with zero attached hydrogens (tertiary/aromatic N) is 3. The van der Waals surface area contributed by atoms with Crippen LogP contribution in [0.4, 0.5) is 5.69 Å². The van der Waals surface area contributed by atoms with E-state index in [9.17, 15) is 4.79 Å². The summed E-state index contributed by atoms with van der Waals surface area (Å²) < 4.78 is 0. The largest absolute Gasteiger partial charge is 0.365 e. The molecule has 94 valence electrons. The first-order chi connectivity index (χ1) is 8.70. The first-order valence-corrected chi connectivity index (χ1v) is 6.20. The van der Waals surface area contributed by atoms with Gasteiger partial charge in [0.2, 0.25) is 5.91 Å². The summed E-state index contributed by atoms with van der Waals surface area (Å²) in [7, 11) is 1.88. The minimum atomic E-state index is 0.164. The third-order valence-corrected chi connectivity index (χ3v) is 3.25. The molecule has 1 heterocycles. The summed E-state index contributed by atoms with van der Waals surface area (Å²) in [6, 6.07) is 9.43. The zero-order valence-corrected chi connectivity index (χ0v) is 10.6. The van der Waals surface area contributed by atoms with Crippen LogP contribution < -0.4 is 4.90 Å². The van der Waals surface area contributed by atoms with Gasteiger partial charge in [-0.2, -0.15) is 5.26 Å². The molecule has 1 fully saturated rings. The van der Waals surface area contributed by atoms with Crippen molar-refractivity contribution in [2.24, 2.45) is 0 Å². The zero-order valence-electron chi connectivity index (χ0n) is 10.6. The lowest BCUT2D eigenvalue weighted by Crippen LogP contribution is -2.37. The van der Waals surface area contributed by atoms with Crippen molar-refractivity contribution in [3.8, 4) is 6.07 Å². The van der Waals surface area contributed by atoms with Gasteiger partial charge in [-0.1, -0.05) is 6.07 Å². The smallest absolute Gasteiger partial charge is 0.242 e. The van der Waals surface area contributed by atoms with Crippen molar-refractivity contribution < 1.29 is 4.79 Å². The number of benzene rings is 1. The molecule has 4 nitrogen and oxygen atoms in total. The molecule has 0 aliphatic carbocycles. The van der Waals surface area contributed by atoms with Gasteiger partial charge in [-0.3, -0.25) is 4.79 Å². The van der Waals surface area contributed by atoms with E-state index < -0.39 is 0 Å². The monoisotopic (exact) mass is 243 g/mol. The van der Waals surface area contributed by atoms with Crippen LogP contribution in [0.2, 0.25) is 0 Å². The second kappa shape index (κ2) is 5.54. The number of amides is 1. The molecule has 0 aromatic heterocycles. The Morgan fingerprint density at radius 1 is 1.44 bits per heavy atom. The minimum Gasteiger partial charge on any atom is -0.365 e. The van der Waals surface area contributed by atoms with Crippen molar-refractivity contribution in [2.75, 3.05) is 31.6 Å². The van der Waals surface area contributed by atoms with Crippen LogP contribution in [0.15, 0.2) is 24.3 Å². The normalized spacial score (nSPS) is 14.3. The predicted octanol–water partition coefficient (Wildman–Crippen LogP) is 1.62. The van der Waals surface area contributed by atoms with Gasteiger partial charge in [0.25, 0.3) is 0 Å². The average molecular weight is 243 g/mol. The summed E-state index contributed by atoms with van der Waals surface area (Å²) in [6.07, 6.45) is 2.22. The highest BCUT2D eigenvalue weighted by Crippen LogP contribution is 2.15. The fraction of sp³-hybridized carbons (Fsp3) is 0.429. The van der Waals surface area contributed by atoms with E-state index in [0.717, 1.165) is 31.6 Å². The number of rotatable bonds is 3. The van der Waals surface area contributed by atoms with Crippen LogP contribution in [0.5, 0.6) is 0 Å². The lowest BCUT2D eigenvalue weighted by Gasteiger charge is -2.22. The molecule has 1 aliphatic rings. The maximum absolute atomic E-state index is 12.0. The Labute approximate surface area is 107 Å². The Hall–Kier alpha value is -2.02. The highest BCUT2D eigenvalue weighted by molar-refractivity contribution is 5.81. The Morgan fingerprint density at radius 3 is 2.83 bits per heavy atom. The van der Waals surface area contributed by atoms with Gasteiger partial charge in [0, 0.05) is 25.8 Å². The van der Waals surface area contributed by atoms with Gasteiger partial charge in [-0.15, -0.1) is 0 Å². The molecule has 0 radical (unpaired) electrons. The molecule has 1 amide bonds. The van der Waals surface area contributed by atoms with Gasteiger partial charge >= 0.3 is 0 Å². The van der Waals surface area contributed by atoms with Gasteiger partial charge in [0.05, 0.1) is 18.2 Å². The summed E-state index contributed by atoms with van der Waals surface area (Å²) in [6.45, 7) is 2.13. The van der Waals surface area contributed by atoms with E-state index in [0.29, 0.717) is 12.1 Å². The molecule has 18 heavy (non-hydrogen) atoms. The van der Waals surface area contributed by atoms with Crippen molar-refractivity contribution in [1.82, 2.24) is 4.90 Å². The molecule has 0 saturated carbocycles. The SMILES string of the molecule is CN(CC(=O)N1CCCC1)c1cccc(C#N)c1. The highest BCUT2D eigenvalue weighted by Gasteiger charge is 2.19. The maximum Gasteiger partial charge on any atom is 0.242 e. The van der Waals surface area contributed by atoms with Crippen molar-refractivity contribution in [1.29, 1.82) is 5.26 Å². The van der Waals surface area contributed by atoms with E-state index in [-0.39, 0.29) is 5.91 Å². The van der Waals surface area contributed by atoms with E-state index in [1.165, 1.54) is 0 Å². The molecular formula is C14H17N3O. The summed E-state index contributed by atoms with van der Waals surface area (Å²) in [4.78, 5) is 15.8. The van der Waals surface area contributed by atoms with Crippen molar-refractivity contribution in [2.45, 2.75) is 12.8 Å². The number of likely N-dealkylation sites (tertiary alicyclic amines) is 1. The molecule has 0 bridgehead atoms. The fourth-order valence-electron chi connectivity index (χ4n) is 2.17. The maximum atomic E-state index is 12.0. The first-order valence-electron chi connectivity index (χ1n) is 6.20. The van der Waals surface area contributed by atoms with Crippen molar-refractivity contribution in [3.63, 3.8) is 0 Å². The molecule has 0 atom stereocenters. The second-order valence-corrected chi connectivity index (χ2v) is 4.61. The molecular weight excluding hydrogens is 226 g/mol. The topological polar surface area (TPSA) is 47.3 Å². The second-order valence-electron chi connectivity index (χ2n) is 4.61. The number of nitriles is 1. The van der Waals surface area contributed by atoms with Crippen LogP contribution in [-0.4, -0.2) is 37.5 Å². The average Bonchev–Trinajstić information content (AvgIpc) is 2.92. The zero-order chi connectivity index (χ0) is 13.0. The van der Waals surface area contributed by atoms with Crippen LogP contribution in [0.1, 0.15) is 18.4 Å². The molecule has 4 heteroatoms. The Morgan fingerprint density at radius 2 is 2.17 bits per heavy atom. The minimum absolute atomic E-state index is 0.164. The van der Waals surface area contributed by atoms with Crippen molar-refractivity contribution >= 4 is 11.6 Å². The molecule has 1 aromatic rings. The van der Waals surface area contributed by atoms with Crippen LogP contribution >= 0.6 is 0 Å².